The second-order valence-corrected chi connectivity index (χ2v) is 2.66. The maximum atomic E-state index is 11.3. The summed E-state index contributed by atoms with van der Waals surface area (Å²) >= 11 is 0. The Hall–Kier alpha value is -2.04. The molecule has 0 aliphatic carbocycles. The predicted molar refractivity (Wildman–Crippen MR) is 52.8 cm³/mol. The molecule has 1 rings (SSSR count). The van der Waals surface area contributed by atoms with Gasteiger partial charge in [0.05, 0.1) is 25.5 Å². The number of methoxy groups -OCH3 is 2. The zero-order valence-electron chi connectivity index (χ0n) is 8.44. The first-order chi connectivity index (χ1) is 7.19. The van der Waals surface area contributed by atoms with E-state index in [1.165, 1.54) is 14.2 Å². The number of carbonyl (C=O) groups is 2. The van der Waals surface area contributed by atoms with Crippen LogP contribution in [0.2, 0.25) is 0 Å². The van der Waals surface area contributed by atoms with Crippen LogP contribution in [0.3, 0.4) is 0 Å². The van der Waals surface area contributed by atoms with Crippen LogP contribution < -0.4 is 0 Å². The zero-order valence-corrected chi connectivity index (χ0v) is 8.44. The molecule has 0 aliphatic rings. The Morgan fingerprint density at radius 3 is 2.53 bits per heavy atom. The van der Waals surface area contributed by atoms with E-state index in [-0.39, 0.29) is 5.57 Å². The van der Waals surface area contributed by atoms with Crippen LogP contribution in [0, 0.1) is 0 Å². The molecule has 0 radical (unpaired) electrons. The molecule has 0 spiro atoms. The van der Waals surface area contributed by atoms with E-state index in [2.05, 4.69) is 14.5 Å². The number of hydrogen-bond acceptors (Lipinski definition) is 4. The highest BCUT2D eigenvalue weighted by molar-refractivity contribution is 6.19. The maximum absolute atomic E-state index is 11.3. The molecule has 1 heterocycles. The monoisotopic (exact) mass is 209 g/mol. The van der Waals surface area contributed by atoms with E-state index >= 15 is 0 Å². The summed E-state index contributed by atoms with van der Waals surface area (Å²) in [5, 5.41) is 0. The van der Waals surface area contributed by atoms with Crippen molar-refractivity contribution in [3.05, 3.63) is 30.1 Å². The van der Waals surface area contributed by atoms with Crippen LogP contribution >= 0.6 is 0 Å². The molecule has 5 nitrogen and oxygen atoms in total. The minimum absolute atomic E-state index is 0.134. The Labute approximate surface area is 86.7 Å². The van der Waals surface area contributed by atoms with Crippen molar-refractivity contribution in [1.29, 1.82) is 0 Å². The molecule has 15 heavy (non-hydrogen) atoms. The van der Waals surface area contributed by atoms with E-state index in [1.807, 2.05) is 0 Å². The number of nitrogens with one attached hydrogen (secondary N) is 1. The third-order valence-electron chi connectivity index (χ3n) is 1.76. The Morgan fingerprint density at radius 2 is 2.07 bits per heavy atom. The Morgan fingerprint density at radius 1 is 1.33 bits per heavy atom. The van der Waals surface area contributed by atoms with E-state index in [1.54, 1.807) is 18.3 Å². The Bertz CT molecular complexity index is 378. The Kier molecular flexibility index (Phi) is 3.68. The number of aromatic amines is 1. The van der Waals surface area contributed by atoms with Crippen molar-refractivity contribution >= 4 is 17.5 Å². The third-order valence-corrected chi connectivity index (χ3v) is 1.76. The fourth-order valence-electron chi connectivity index (χ4n) is 1.03. The molecule has 0 unspecified atom stereocenters. The van der Waals surface area contributed by atoms with Crippen LogP contribution in [0.25, 0.3) is 5.57 Å². The van der Waals surface area contributed by atoms with Crippen molar-refractivity contribution in [3.63, 3.8) is 0 Å². The second kappa shape index (κ2) is 4.99. The second-order valence-electron chi connectivity index (χ2n) is 2.66. The Balaban J connectivity index is 3.04. The number of carbonyl (C=O) groups excluding carboxylic acids is 2. The first-order valence-corrected chi connectivity index (χ1v) is 4.20. The minimum atomic E-state index is -0.606. The standard InChI is InChI=1S/C10H11NO4/c1-14-9(12)6-7(10(13)15-2)8-4-3-5-11-8/h3-6,11H,1-2H3/b7-6+. The summed E-state index contributed by atoms with van der Waals surface area (Å²) in [6.45, 7) is 0. The molecule has 0 saturated carbocycles. The quantitative estimate of drug-likeness (QED) is 0.589. The highest BCUT2D eigenvalue weighted by Crippen LogP contribution is 2.13. The highest BCUT2D eigenvalue weighted by atomic mass is 16.5. The molecule has 1 N–H and O–H groups in total. The highest BCUT2D eigenvalue weighted by Gasteiger charge is 2.15. The molecule has 0 aromatic carbocycles. The van der Waals surface area contributed by atoms with E-state index in [0.29, 0.717) is 5.69 Å². The van der Waals surface area contributed by atoms with Crippen LogP contribution in [-0.4, -0.2) is 31.1 Å². The summed E-state index contributed by atoms with van der Waals surface area (Å²) in [6, 6.07) is 3.37. The van der Waals surface area contributed by atoms with Gasteiger partial charge in [0, 0.05) is 12.3 Å². The van der Waals surface area contributed by atoms with Crippen molar-refractivity contribution < 1.29 is 19.1 Å². The zero-order chi connectivity index (χ0) is 11.3. The number of H-pyrrole nitrogens is 1. The third kappa shape index (κ3) is 2.70. The lowest BCUT2D eigenvalue weighted by Gasteiger charge is -2.02. The summed E-state index contributed by atoms with van der Waals surface area (Å²) in [6.07, 6.45) is 2.72. The van der Waals surface area contributed by atoms with Gasteiger partial charge in [-0.25, -0.2) is 9.59 Å². The normalized spacial score (nSPS) is 10.9. The van der Waals surface area contributed by atoms with Crippen molar-refractivity contribution in [2.45, 2.75) is 0 Å². The van der Waals surface area contributed by atoms with Crippen LogP contribution in [0.15, 0.2) is 24.4 Å². The smallest absolute Gasteiger partial charge is 0.340 e. The average Bonchev–Trinajstić information content (AvgIpc) is 2.77. The van der Waals surface area contributed by atoms with Gasteiger partial charge in [-0.1, -0.05) is 0 Å². The summed E-state index contributed by atoms with van der Waals surface area (Å²) in [7, 11) is 2.48. The number of ether oxygens (including phenoxy) is 2. The molecular formula is C10H11NO4. The van der Waals surface area contributed by atoms with E-state index in [9.17, 15) is 9.59 Å². The lowest BCUT2D eigenvalue weighted by molar-refractivity contribution is -0.136. The van der Waals surface area contributed by atoms with Gasteiger partial charge in [-0.15, -0.1) is 0 Å². The molecule has 0 amide bonds. The summed E-state index contributed by atoms with van der Waals surface area (Å²) in [5.41, 5.74) is 0.640. The molecule has 0 saturated heterocycles. The number of aromatic nitrogens is 1. The molecule has 0 atom stereocenters. The summed E-state index contributed by atoms with van der Waals surface area (Å²) in [4.78, 5) is 25.2. The lowest BCUT2D eigenvalue weighted by Crippen LogP contribution is -2.07. The van der Waals surface area contributed by atoms with Gasteiger partial charge in [0.1, 0.15) is 0 Å². The first kappa shape index (κ1) is 11.0. The van der Waals surface area contributed by atoms with Crippen molar-refractivity contribution in [2.75, 3.05) is 14.2 Å². The first-order valence-electron chi connectivity index (χ1n) is 4.20. The number of esters is 2. The van der Waals surface area contributed by atoms with Crippen LogP contribution in [0.4, 0.5) is 0 Å². The van der Waals surface area contributed by atoms with Gasteiger partial charge < -0.3 is 14.5 Å². The van der Waals surface area contributed by atoms with Crippen LogP contribution in [-0.2, 0) is 19.1 Å². The molecule has 1 aromatic rings. The van der Waals surface area contributed by atoms with Crippen LogP contribution in [0.1, 0.15) is 5.69 Å². The van der Waals surface area contributed by atoms with Gasteiger partial charge in [-0.05, 0) is 12.1 Å². The number of rotatable bonds is 3. The average molecular weight is 209 g/mol. The fourth-order valence-corrected chi connectivity index (χ4v) is 1.03. The fraction of sp³-hybridized carbons (Fsp3) is 0.200. The van der Waals surface area contributed by atoms with E-state index in [4.69, 9.17) is 0 Å². The largest absolute Gasteiger partial charge is 0.466 e. The molecule has 80 valence electrons. The topological polar surface area (TPSA) is 68.4 Å². The van der Waals surface area contributed by atoms with Gasteiger partial charge in [-0.2, -0.15) is 0 Å². The molecule has 0 aliphatic heterocycles. The number of hydrogen-bond donors (Lipinski definition) is 1. The van der Waals surface area contributed by atoms with Gasteiger partial charge in [0.2, 0.25) is 0 Å². The van der Waals surface area contributed by atoms with Crippen molar-refractivity contribution in [3.8, 4) is 0 Å². The minimum Gasteiger partial charge on any atom is -0.466 e. The van der Waals surface area contributed by atoms with E-state index in [0.717, 1.165) is 6.08 Å². The van der Waals surface area contributed by atoms with Gasteiger partial charge in [0.15, 0.2) is 0 Å². The SMILES string of the molecule is COC(=O)/C=C(/C(=O)OC)c1ccc[nH]1. The van der Waals surface area contributed by atoms with Gasteiger partial charge >= 0.3 is 11.9 Å². The van der Waals surface area contributed by atoms with E-state index < -0.39 is 11.9 Å². The van der Waals surface area contributed by atoms with Gasteiger partial charge in [0.25, 0.3) is 0 Å². The van der Waals surface area contributed by atoms with Crippen molar-refractivity contribution in [2.24, 2.45) is 0 Å². The molecule has 0 bridgehead atoms. The van der Waals surface area contributed by atoms with Crippen LogP contribution in [0.5, 0.6) is 0 Å². The van der Waals surface area contributed by atoms with Gasteiger partial charge in [-0.3, -0.25) is 0 Å². The predicted octanol–water partition coefficient (Wildman–Crippen LogP) is 0.744. The maximum Gasteiger partial charge on any atom is 0.340 e. The summed E-state index contributed by atoms with van der Waals surface area (Å²) in [5.74, 6) is -1.20. The van der Waals surface area contributed by atoms with Crippen molar-refractivity contribution in [1.82, 2.24) is 4.98 Å². The molecule has 1 aromatic heterocycles. The molecular weight excluding hydrogens is 198 g/mol. The molecule has 5 heteroatoms. The molecule has 0 fully saturated rings. The lowest BCUT2D eigenvalue weighted by atomic mass is 10.2. The summed E-state index contributed by atoms with van der Waals surface area (Å²) < 4.78 is 8.98.